The van der Waals surface area contributed by atoms with Gasteiger partial charge in [-0.05, 0) is 53.9 Å². The highest BCUT2D eigenvalue weighted by Gasteiger charge is 2.15. The highest BCUT2D eigenvalue weighted by Crippen LogP contribution is 2.14. The fourth-order valence-corrected chi connectivity index (χ4v) is 3.56. The summed E-state index contributed by atoms with van der Waals surface area (Å²) < 4.78 is 2.24. The maximum atomic E-state index is 4.71. The summed E-state index contributed by atoms with van der Waals surface area (Å²) in [6.07, 6.45) is 4.57. The van der Waals surface area contributed by atoms with E-state index in [1.807, 2.05) is 0 Å². The highest BCUT2D eigenvalue weighted by atomic mass is 15.3. The highest BCUT2D eigenvalue weighted by molar-refractivity contribution is 5.79. The predicted molar refractivity (Wildman–Crippen MR) is 107 cm³/mol. The molecular weight excluding hydrogens is 326 g/mol. The van der Waals surface area contributed by atoms with Gasteiger partial charge in [-0.15, -0.1) is 10.2 Å². The van der Waals surface area contributed by atoms with E-state index in [2.05, 4.69) is 64.9 Å². The van der Waals surface area contributed by atoms with Gasteiger partial charge in [-0.3, -0.25) is 4.90 Å². The molecule has 2 rings (SSSR count). The van der Waals surface area contributed by atoms with E-state index in [4.69, 9.17) is 4.99 Å². The molecule has 7 heteroatoms. The first-order chi connectivity index (χ1) is 12.5. The number of nitrogens with zero attached hydrogens (tertiary/aromatic N) is 5. The maximum absolute atomic E-state index is 4.71. The molecule has 0 radical (unpaired) electrons. The molecule has 0 unspecified atom stereocenters. The van der Waals surface area contributed by atoms with Gasteiger partial charge in [-0.1, -0.05) is 0 Å². The zero-order valence-corrected chi connectivity index (χ0v) is 17.3. The van der Waals surface area contributed by atoms with Crippen molar-refractivity contribution in [1.29, 1.82) is 0 Å². The lowest BCUT2D eigenvalue weighted by atomic mass is 10.2. The van der Waals surface area contributed by atoms with E-state index in [9.17, 15) is 0 Å². The average molecular weight is 364 g/mol. The van der Waals surface area contributed by atoms with E-state index in [0.717, 1.165) is 56.6 Å². The first-order valence-electron chi connectivity index (χ1n) is 10.2. The largest absolute Gasteiger partial charge is 0.357 e. The summed E-state index contributed by atoms with van der Waals surface area (Å²) in [5.74, 6) is 2.95. The second-order valence-corrected chi connectivity index (χ2v) is 7.54. The lowest BCUT2D eigenvalue weighted by Gasteiger charge is -2.30. The quantitative estimate of drug-likeness (QED) is 0.400. The summed E-state index contributed by atoms with van der Waals surface area (Å²) in [5, 5.41) is 15.4. The van der Waals surface area contributed by atoms with Crippen molar-refractivity contribution in [2.24, 2.45) is 4.99 Å². The van der Waals surface area contributed by atoms with Gasteiger partial charge in [0.2, 0.25) is 0 Å². The van der Waals surface area contributed by atoms with E-state index in [1.54, 1.807) is 0 Å². The molecular formula is C19H37N7. The van der Waals surface area contributed by atoms with Crippen LogP contribution in [0.5, 0.6) is 0 Å². The molecule has 0 amide bonds. The van der Waals surface area contributed by atoms with Crippen LogP contribution < -0.4 is 10.6 Å². The van der Waals surface area contributed by atoms with Gasteiger partial charge >= 0.3 is 0 Å². The Balaban J connectivity index is 1.84. The Morgan fingerprint density at radius 3 is 2.62 bits per heavy atom. The van der Waals surface area contributed by atoms with Crippen molar-refractivity contribution < 1.29 is 0 Å². The molecule has 2 heterocycles. The van der Waals surface area contributed by atoms with E-state index in [0.29, 0.717) is 18.6 Å². The number of nitrogens with one attached hydrogen (secondary N) is 2. The van der Waals surface area contributed by atoms with Gasteiger partial charge in [-0.2, -0.15) is 0 Å². The van der Waals surface area contributed by atoms with Crippen LogP contribution in [0.3, 0.4) is 0 Å². The first kappa shape index (κ1) is 20.7. The minimum atomic E-state index is 0.576. The number of hydrogen-bond acceptors (Lipinski definition) is 4. The number of rotatable bonds is 9. The molecule has 2 N–H and O–H groups in total. The molecule has 0 aromatic carbocycles. The number of guanidine groups is 1. The summed E-state index contributed by atoms with van der Waals surface area (Å²) in [4.78, 5) is 7.23. The van der Waals surface area contributed by atoms with Gasteiger partial charge in [0.05, 0.1) is 0 Å². The van der Waals surface area contributed by atoms with E-state index >= 15 is 0 Å². The smallest absolute Gasteiger partial charge is 0.191 e. The van der Waals surface area contributed by atoms with Crippen LogP contribution in [0.4, 0.5) is 0 Å². The molecule has 0 fully saturated rings. The van der Waals surface area contributed by atoms with Gasteiger partial charge in [0, 0.05) is 44.7 Å². The van der Waals surface area contributed by atoms with Crippen molar-refractivity contribution in [3.8, 4) is 0 Å². The van der Waals surface area contributed by atoms with E-state index in [-0.39, 0.29) is 0 Å². The van der Waals surface area contributed by atoms with Gasteiger partial charge in [0.25, 0.3) is 0 Å². The molecule has 0 spiro atoms. The number of aliphatic imine (C=N–C) groups is 1. The summed E-state index contributed by atoms with van der Waals surface area (Å²) in [6, 6.07) is 1.16. The molecule has 1 aliphatic heterocycles. The van der Waals surface area contributed by atoms with Crippen molar-refractivity contribution in [3.05, 3.63) is 11.6 Å². The maximum Gasteiger partial charge on any atom is 0.191 e. The van der Waals surface area contributed by atoms with Crippen LogP contribution in [-0.2, 0) is 19.5 Å². The predicted octanol–water partition coefficient (Wildman–Crippen LogP) is 2.18. The number of fused-ring (bicyclic) bond motifs is 1. The number of hydrogen-bond donors (Lipinski definition) is 2. The Hall–Kier alpha value is -1.63. The van der Waals surface area contributed by atoms with Crippen LogP contribution in [0.1, 0.15) is 65.5 Å². The third-order valence-corrected chi connectivity index (χ3v) is 4.87. The SMILES string of the molecule is CCNC(=NCc1nnc2n1CCCC2)NCCCN(C(C)C)C(C)C. The summed E-state index contributed by atoms with van der Waals surface area (Å²) in [6.45, 7) is 15.6. The van der Waals surface area contributed by atoms with Gasteiger partial charge in [-0.25, -0.2) is 4.99 Å². The Morgan fingerprint density at radius 1 is 1.15 bits per heavy atom. The second kappa shape index (κ2) is 10.5. The monoisotopic (exact) mass is 363 g/mol. The molecule has 1 aromatic heterocycles. The van der Waals surface area contributed by atoms with Crippen molar-refractivity contribution in [1.82, 2.24) is 30.3 Å². The third-order valence-electron chi connectivity index (χ3n) is 4.87. The Bertz CT molecular complexity index is 554. The van der Waals surface area contributed by atoms with Crippen LogP contribution in [0, 0.1) is 0 Å². The van der Waals surface area contributed by atoms with Crippen molar-refractivity contribution >= 4 is 5.96 Å². The summed E-state index contributed by atoms with van der Waals surface area (Å²) in [5.41, 5.74) is 0. The van der Waals surface area contributed by atoms with Crippen molar-refractivity contribution in [2.75, 3.05) is 19.6 Å². The van der Waals surface area contributed by atoms with Gasteiger partial charge < -0.3 is 15.2 Å². The molecule has 26 heavy (non-hydrogen) atoms. The van der Waals surface area contributed by atoms with Crippen LogP contribution in [0.15, 0.2) is 4.99 Å². The number of aryl methyl sites for hydroxylation is 1. The molecule has 0 saturated heterocycles. The lowest BCUT2D eigenvalue weighted by Crippen LogP contribution is -2.41. The summed E-state index contributed by atoms with van der Waals surface area (Å²) in [7, 11) is 0. The first-order valence-corrected chi connectivity index (χ1v) is 10.2. The molecule has 0 bridgehead atoms. The molecule has 7 nitrogen and oxygen atoms in total. The molecule has 148 valence electrons. The third kappa shape index (κ3) is 5.97. The zero-order chi connectivity index (χ0) is 18.9. The van der Waals surface area contributed by atoms with Crippen LogP contribution >= 0.6 is 0 Å². The van der Waals surface area contributed by atoms with E-state index in [1.165, 1.54) is 12.8 Å². The zero-order valence-electron chi connectivity index (χ0n) is 17.3. The minimum absolute atomic E-state index is 0.576. The lowest BCUT2D eigenvalue weighted by molar-refractivity contribution is 0.173. The van der Waals surface area contributed by atoms with Crippen LogP contribution in [0.25, 0.3) is 0 Å². The normalized spacial score (nSPS) is 15.0. The standard InChI is InChI=1S/C19H37N7/c1-6-20-19(21-11-9-13-25(15(2)3)16(4)5)22-14-18-24-23-17-10-7-8-12-26(17)18/h15-16H,6-14H2,1-5H3,(H2,20,21,22). The molecule has 0 atom stereocenters. The Labute approximate surface area is 158 Å². The van der Waals surface area contributed by atoms with Crippen LogP contribution in [-0.4, -0.2) is 57.3 Å². The fraction of sp³-hybridized carbons (Fsp3) is 0.842. The number of aromatic nitrogens is 3. The topological polar surface area (TPSA) is 70.4 Å². The molecule has 1 aliphatic rings. The Morgan fingerprint density at radius 2 is 1.92 bits per heavy atom. The minimum Gasteiger partial charge on any atom is -0.357 e. The second-order valence-electron chi connectivity index (χ2n) is 7.54. The van der Waals surface area contributed by atoms with Crippen molar-refractivity contribution in [2.45, 2.75) is 85.5 Å². The van der Waals surface area contributed by atoms with Gasteiger partial charge in [0.1, 0.15) is 12.4 Å². The molecule has 0 aliphatic carbocycles. The molecule has 0 saturated carbocycles. The summed E-state index contributed by atoms with van der Waals surface area (Å²) >= 11 is 0. The van der Waals surface area contributed by atoms with Crippen molar-refractivity contribution in [3.63, 3.8) is 0 Å². The fourth-order valence-electron chi connectivity index (χ4n) is 3.56. The molecule has 1 aromatic rings. The Kier molecular flexibility index (Phi) is 8.35. The average Bonchev–Trinajstić information content (AvgIpc) is 3.02. The van der Waals surface area contributed by atoms with Gasteiger partial charge in [0.15, 0.2) is 11.8 Å². The van der Waals surface area contributed by atoms with E-state index < -0.39 is 0 Å². The van der Waals surface area contributed by atoms with Crippen LogP contribution in [0.2, 0.25) is 0 Å².